The smallest absolute Gasteiger partial charge is 0.309 e. The normalized spacial score (nSPS) is 34.8. The summed E-state index contributed by atoms with van der Waals surface area (Å²) in [7, 11) is 0. The molecule has 0 unspecified atom stereocenters. The van der Waals surface area contributed by atoms with Gasteiger partial charge in [-0.1, -0.05) is 24.3 Å². The van der Waals surface area contributed by atoms with E-state index in [0.717, 1.165) is 0 Å². The number of aliphatic hydroxyl groups excluding tert-OH is 1. The second-order valence-corrected chi connectivity index (χ2v) is 3.09. The van der Waals surface area contributed by atoms with Gasteiger partial charge in [0, 0.05) is 6.42 Å². The van der Waals surface area contributed by atoms with Crippen molar-refractivity contribution in [3.63, 3.8) is 0 Å². The molecule has 0 amide bonds. The van der Waals surface area contributed by atoms with Gasteiger partial charge in [0.15, 0.2) is 0 Å². The summed E-state index contributed by atoms with van der Waals surface area (Å²) in [5.41, 5.74) is 0. The van der Waals surface area contributed by atoms with Gasteiger partial charge in [0.05, 0.1) is 12.5 Å². The van der Waals surface area contributed by atoms with Crippen molar-refractivity contribution in [3.05, 3.63) is 24.3 Å². The van der Waals surface area contributed by atoms with Gasteiger partial charge >= 0.3 is 5.97 Å². The highest BCUT2D eigenvalue weighted by atomic mass is 16.5. The van der Waals surface area contributed by atoms with E-state index in [9.17, 15) is 9.90 Å². The van der Waals surface area contributed by atoms with Crippen molar-refractivity contribution in [2.24, 2.45) is 0 Å². The number of ether oxygens (including phenoxy) is 1. The van der Waals surface area contributed by atoms with Crippen LogP contribution in [0.5, 0.6) is 0 Å². The van der Waals surface area contributed by atoms with Gasteiger partial charge in [0.1, 0.15) is 6.10 Å². The van der Waals surface area contributed by atoms with Gasteiger partial charge in [-0.25, -0.2) is 0 Å². The molecule has 0 aromatic heterocycles. The maximum atomic E-state index is 11.0. The third-order valence-electron chi connectivity index (χ3n) is 1.75. The molecule has 2 atom stereocenters. The fourth-order valence-electron chi connectivity index (χ4n) is 1.10. The van der Waals surface area contributed by atoms with Crippen LogP contribution in [0.3, 0.4) is 0 Å². The van der Waals surface area contributed by atoms with Crippen LogP contribution in [0.15, 0.2) is 24.3 Å². The monoisotopic (exact) mass is 182 g/mol. The van der Waals surface area contributed by atoms with E-state index in [4.69, 9.17) is 4.74 Å². The highest BCUT2D eigenvalue weighted by molar-refractivity contribution is 5.71. The van der Waals surface area contributed by atoms with Crippen LogP contribution >= 0.6 is 0 Å². The maximum Gasteiger partial charge on any atom is 0.309 e. The van der Waals surface area contributed by atoms with Crippen molar-refractivity contribution in [1.82, 2.24) is 0 Å². The van der Waals surface area contributed by atoms with Gasteiger partial charge in [0.2, 0.25) is 0 Å². The van der Waals surface area contributed by atoms with Gasteiger partial charge in [-0.2, -0.15) is 0 Å². The van der Waals surface area contributed by atoms with Gasteiger partial charge in [-0.3, -0.25) is 4.79 Å². The molecule has 0 spiro atoms. The summed E-state index contributed by atoms with van der Waals surface area (Å²) in [5, 5.41) is 9.28. The van der Waals surface area contributed by atoms with Crippen LogP contribution < -0.4 is 0 Å². The molecule has 0 aromatic carbocycles. The number of aliphatic hydroxyl groups is 1. The molecule has 0 saturated heterocycles. The lowest BCUT2D eigenvalue weighted by molar-refractivity contribution is -0.146. The second kappa shape index (κ2) is 4.82. The van der Waals surface area contributed by atoms with E-state index >= 15 is 0 Å². The Morgan fingerprint density at radius 3 is 2.92 bits per heavy atom. The van der Waals surface area contributed by atoms with Gasteiger partial charge < -0.3 is 9.84 Å². The van der Waals surface area contributed by atoms with Gasteiger partial charge in [-0.05, 0) is 6.92 Å². The molecule has 0 saturated carbocycles. The van der Waals surface area contributed by atoms with Gasteiger partial charge in [-0.15, -0.1) is 0 Å². The molecule has 0 aromatic rings. The molecule has 1 N–H and O–H groups in total. The highest BCUT2D eigenvalue weighted by Crippen LogP contribution is 2.05. The molecule has 0 bridgehead atoms. The van der Waals surface area contributed by atoms with Crippen molar-refractivity contribution in [1.29, 1.82) is 0 Å². The number of esters is 1. The highest BCUT2D eigenvalue weighted by Gasteiger charge is 2.07. The van der Waals surface area contributed by atoms with Crippen molar-refractivity contribution in [2.75, 3.05) is 0 Å². The molecular formula is C10H14O3. The van der Waals surface area contributed by atoms with Crippen LogP contribution in [-0.2, 0) is 9.53 Å². The first kappa shape index (κ1) is 9.99. The lowest BCUT2D eigenvalue weighted by Crippen LogP contribution is -2.14. The maximum absolute atomic E-state index is 11.0. The Balaban J connectivity index is 2.60. The lowest BCUT2D eigenvalue weighted by Gasteiger charge is -2.11. The Hall–Kier alpha value is -1.09. The lowest BCUT2D eigenvalue weighted by atomic mass is 10.2. The Morgan fingerprint density at radius 1 is 1.46 bits per heavy atom. The van der Waals surface area contributed by atoms with Gasteiger partial charge in [0.25, 0.3) is 0 Å². The molecule has 0 radical (unpaired) electrons. The first-order chi connectivity index (χ1) is 6.18. The minimum atomic E-state index is -0.585. The molecule has 13 heavy (non-hydrogen) atoms. The van der Waals surface area contributed by atoms with E-state index in [-0.39, 0.29) is 18.5 Å². The Bertz CT molecular complexity index is 230. The van der Waals surface area contributed by atoms with Crippen molar-refractivity contribution in [2.45, 2.75) is 32.0 Å². The predicted octanol–water partition coefficient (Wildman–Crippen LogP) is 1.19. The van der Waals surface area contributed by atoms with E-state index in [1.807, 2.05) is 13.0 Å². The Labute approximate surface area is 77.7 Å². The van der Waals surface area contributed by atoms with Crippen molar-refractivity contribution >= 4 is 5.97 Å². The van der Waals surface area contributed by atoms with E-state index in [2.05, 4.69) is 0 Å². The molecule has 1 aliphatic rings. The molecule has 1 rings (SSSR count). The fourth-order valence-corrected chi connectivity index (χ4v) is 1.10. The van der Waals surface area contributed by atoms with Crippen LogP contribution in [0, 0.1) is 0 Å². The predicted molar refractivity (Wildman–Crippen MR) is 49.1 cm³/mol. The van der Waals surface area contributed by atoms with Crippen LogP contribution in [0.2, 0.25) is 0 Å². The minimum absolute atomic E-state index is 0.109. The summed E-state index contributed by atoms with van der Waals surface area (Å²) in [6.07, 6.45) is 6.89. The molecule has 72 valence electrons. The van der Waals surface area contributed by atoms with Crippen LogP contribution in [-0.4, -0.2) is 23.3 Å². The molecule has 1 heterocycles. The van der Waals surface area contributed by atoms with Crippen LogP contribution in [0.25, 0.3) is 0 Å². The number of cyclic esters (lactones) is 1. The number of carbonyl (C=O) groups excluding carboxylic acids is 1. The number of rotatable bonds is 0. The third-order valence-corrected chi connectivity index (χ3v) is 1.75. The number of carbonyl (C=O) groups is 1. The van der Waals surface area contributed by atoms with E-state index in [1.165, 1.54) is 0 Å². The number of hydrogen-bond donors (Lipinski definition) is 1. The standard InChI is InChI=1S/C10H14O3/c1-8-4-2-5-9(11)6-3-7-10(12)13-8/h2-3,5-6,8-9,11H,4,7H2,1H3/b5-2+,6-3-/t8-,9+/m1/s1. The molecule has 0 fully saturated rings. The molecule has 3 heteroatoms. The Morgan fingerprint density at radius 2 is 2.15 bits per heavy atom. The zero-order valence-electron chi connectivity index (χ0n) is 7.64. The summed E-state index contributed by atoms with van der Waals surface area (Å²) < 4.78 is 5.04. The third kappa shape index (κ3) is 3.90. The quantitative estimate of drug-likeness (QED) is 0.452. The fraction of sp³-hybridized carbons (Fsp3) is 0.500. The molecule has 3 nitrogen and oxygen atoms in total. The minimum Gasteiger partial charge on any atom is -0.462 e. The van der Waals surface area contributed by atoms with E-state index in [0.29, 0.717) is 6.42 Å². The zero-order valence-corrected chi connectivity index (χ0v) is 7.64. The SMILES string of the molecule is C[C@@H]1C/C=C/[C@H](O)/C=C\CC(=O)O1. The van der Waals surface area contributed by atoms with Crippen molar-refractivity contribution < 1.29 is 14.6 Å². The second-order valence-electron chi connectivity index (χ2n) is 3.09. The summed E-state index contributed by atoms with van der Waals surface area (Å²) in [4.78, 5) is 11.0. The summed E-state index contributed by atoms with van der Waals surface area (Å²) in [5.74, 6) is -0.244. The zero-order chi connectivity index (χ0) is 9.68. The van der Waals surface area contributed by atoms with Crippen LogP contribution in [0.1, 0.15) is 19.8 Å². The van der Waals surface area contributed by atoms with E-state index < -0.39 is 6.10 Å². The average molecular weight is 182 g/mol. The molecular weight excluding hydrogens is 168 g/mol. The summed E-state index contributed by atoms with van der Waals surface area (Å²) in [6, 6.07) is 0. The Kier molecular flexibility index (Phi) is 3.71. The topological polar surface area (TPSA) is 46.5 Å². The largest absolute Gasteiger partial charge is 0.462 e. The molecule has 0 aliphatic carbocycles. The van der Waals surface area contributed by atoms with Crippen molar-refractivity contribution in [3.8, 4) is 0 Å². The van der Waals surface area contributed by atoms with E-state index in [1.54, 1.807) is 18.2 Å². The number of hydrogen-bond acceptors (Lipinski definition) is 3. The average Bonchev–Trinajstić information content (AvgIpc) is 2.03. The summed E-state index contributed by atoms with van der Waals surface area (Å²) >= 11 is 0. The molecule has 1 aliphatic heterocycles. The first-order valence-electron chi connectivity index (χ1n) is 4.39. The van der Waals surface area contributed by atoms with Crippen LogP contribution in [0.4, 0.5) is 0 Å². The first-order valence-corrected chi connectivity index (χ1v) is 4.39. The summed E-state index contributed by atoms with van der Waals surface area (Å²) in [6.45, 7) is 1.83.